The molecule has 0 N–H and O–H groups in total. The lowest BCUT2D eigenvalue weighted by molar-refractivity contribution is -0.923. The maximum absolute atomic E-state index is 10.9. The third kappa shape index (κ3) is 4.98. The van der Waals surface area contributed by atoms with Gasteiger partial charge in [0.1, 0.15) is 0 Å². The second-order valence-corrected chi connectivity index (χ2v) is 3.79. The molecule has 0 bridgehead atoms. The highest BCUT2D eigenvalue weighted by Crippen LogP contribution is 2.06. The summed E-state index contributed by atoms with van der Waals surface area (Å²) < 4.78 is 1.12. The Bertz CT molecular complexity index is 199. The summed E-state index contributed by atoms with van der Waals surface area (Å²) in [6.07, 6.45) is 2.25. The van der Waals surface area contributed by atoms with Crippen molar-refractivity contribution >= 4 is 5.90 Å². The third-order valence-corrected chi connectivity index (χ3v) is 3.25. The monoisotopic (exact) mass is 212 g/mol. The van der Waals surface area contributed by atoms with Gasteiger partial charge in [-0.15, -0.1) is 0 Å². The van der Waals surface area contributed by atoms with Gasteiger partial charge in [0.25, 0.3) is 0 Å². The van der Waals surface area contributed by atoms with Gasteiger partial charge in [-0.1, -0.05) is 12.7 Å². The lowest BCUT2D eigenvalue weighted by Crippen LogP contribution is -2.48. The molecular formula is C12H24N2O. The lowest BCUT2D eigenvalue weighted by Gasteiger charge is -2.35. The molecule has 0 amide bonds. The highest BCUT2D eigenvalue weighted by molar-refractivity contribution is 5.82. The Kier molecular flexibility index (Phi) is 7.05. The standard InChI is InChI=1S/C12H24N2O/c1-5-12(15)13-10-9-11-14(6-2,7-3)8-4/h5H,1,6-11H2,2-4H3. The predicted molar refractivity (Wildman–Crippen MR) is 63.9 cm³/mol. The summed E-state index contributed by atoms with van der Waals surface area (Å²) in [4.78, 5) is 3.88. The molecule has 88 valence electrons. The van der Waals surface area contributed by atoms with E-state index in [-0.39, 0.29) is 5.90 Å². The number of rotatable bonds is 8. The lowest BCUT2D eigenvalue weighted by atomic mass is 10.3. The van der Waals surface area contributed by atoms with Crippen molar-refractivity contribution in [2.24, 2.45) is 4.99 Å². The Morgan fingerprint density at radius 3 is 2.20 bits per heavy atom. The average molecular weight is 212 g/mol. The number of hydrogen-bond acceptors (Lipinski definition) is 2. The van der Waals surface area contributed by atoms with E-state index in [0.717, 1.165) is 37.1 Å². The summed E-state index contributed by atoms with van der Waals surface area (Å²) in [6, 6.07) is 0. The zero-order valence-electron chi connectivity index (χ0n) is 10.3. The summed E-state index contributed by atoms with van der Waals surface area (Å²) in [5.41, 5.74) is 0. The Morgan fingerprint density at radius 1 is 1.27 bits per heavy atom. The summed E-state index contributed by atoms with van der Waals surface area (Å²) in [5, 5.41) is 10.9. The third-order valence-electron chi connectivity index (χ3n) is 3.25. The van der Waals surface area contributed by atoms with Crippen LogP contribution in [0.1, 0.15) is 27.2 Å². The largest absolute Gasteiger partial charge is 0.859 e. The van der Waals surface area contributed by atoms with Crippen molar-refractivity contribution in [3.8, 4) is 0 Å². The van der Waals surface area contributed by atoms with Crippen LogP contribution in [0.5, 0.6) is 0 Å². The number of nitrogens with zero attached hydrogens (tertiary/aromatic N) is 2. The highest BCUT2D eigenvalue weighted by atomic mass is 16.3. The number of quaternary nitrogens is 1. The van der Waals surface area contributed by atoms with Crippen molar-refractivity contribution in [1.29, 1.82) is 0 Å². The second kappa shape index (κ2) is 7.46. The van der Waals surface area contributed by atoms with Crippen molar-refractivity contribution in [3.63, 3.8) is 0 Å². The normalized spacial score (nSPS) is 12.9. The minimum atomic E-state index is -0.197. The first kappa shape index (κ1) is 14.2. The van der Waals surface area contributed by atoms with Gasteiger partial charge in [-0.3, -0.25) is 0 Å². The van der Waals surface area contributed by atoms with Crippen LogP contribution >= 0.6 is 0 Å². The van der Waals surface area contributed by atoms with Crippen LogP contribution in [-0.2, 0) is 0 Å². The smallest absolute Gasteiger partial charge is 0.0804 e. The van der Waals surface area contributed by atoms with E-state index in [1.54, 1.807) is 0 Å². The van der Waals surface area contributed by atoms with Crippen molar-refractivity contribution < 1.29 is 9.59 Å². The van der Waals surface area contributed by atoms with E-state index in [1.807, 2.05) is 0 Å². The Hall–Kier alpha value is -0.830. The molecule has 0 fully saturated rings. The van der Waals surface area contributed by atoms with Crippen LogP contribution in [0.3, 0.4) is 0 Å². The summed E-state index contributed by atoms with van der Waals surface area (Å²) in [7, 11) is 0. The van der Waals surface area contributed by atoms with Gasteiger partial charge in [0.05, 0.1) is 26.2 Å². The molecule has 0 saturated carbocycles. The average Bonchev–Trinajstić information content (AvgIpc) is 2.30. The molecule has 0 heterocycles. The van der Waals surface area contributed by atoms with E-state index in [4.69, 9.17) is 0 Å². The van der Waals surface area contributed by atoms with E-state index in [2.05, 4.69) is 32.3 Å². The Balaban J connectivity index is 3.96. The van der Waals surface area contributed by atoms with E-state index >= 15 is 0 Å². The Labute approximate surface area is 93.7 Å². The molecule has 0 unspecified atom stereocenters. The van der Waals surface area contributed by atoms with Crippen molar-refractivity contribution in [1.82, 2.24) is 0 Å². The van der Waals surface area contributed by atoms with Crippen LogP contribution in [0.15, 0.2) is 17.6 Å². The summed E-state index contributed by atoms with van der Waals surface area (Å²) >= 11 is 0. The molecule has 0 rings (SSSR count). The molecule has 0 saturated heterocycles. The van der Waals surface area contributed by atoms with Crippen molar-refractivity contribution in [2.45, 2.75) is 27.2 Å². The van der Waals surface area contributed by atoms with E-state index < -0.39 is 0 Å². The fourth-order valence-electron chi connectivity index (χ4n) is 1.81. The van der Waals surface area contributed by atoms with Crippen LogP contribution in [-0.4, -0.2) is 43.1 Å². The molecular weight excluding hydrogens is 188 g/mol. The van der Waals surface area contributed by atoms with Gasteiger partial charge in [0, 0.05) is 13.0 Å². The molecule has 0 radical (unpaired) electrons. The fourth-order valence-corrected chi connectivity index (χ4v) is 1.81. The first-order valence-electron chi connectivity index (χ1n) is 5.83. The number of aliphatic imine (C=N–C) groups is 1. The SMILES string of the molecule is C=CC([O-])=NCCC[N+](CC)(CC)CC. The van der Waals surface area contributed by atoms with Gasteiger partial charge in [-0.05, 0) is 26.7 Å². The van der Waals surface area contributed by atoms with Gasteiger partial charge in [0.2, 0.25) is 0 Å². The van der Waals surface area contributed by atoms with Gasteiger partial charge >= 0.3 is 0 Å². The molecule has 3 nitrogen and oxygen atoms in total. The van der Waals surface area contributed by atoms with Gasteiger partial charge in [-0.25, -0.2) is 0 Å². The summed E-state index contributed by atoms with van der Waals surface area (Å²) in [5.74, 6) is -0.197. The molecule has 15 heavy (non-hydrogen) atoms. The minimum Gasteiger partial charge on any atom is -0.859 e. The zero-order valence-corrected chi connectivity index (χ0v) is 10.3. The van der Waals surface area contributed by atoms with Crippen LogP contribution in [0, 0.1) is 0 Å². The number of hydrogen-bond donors (Lipinski definition) is 0. The predicted octanol–water partition coefficient (Wildman–Crippen LogP) is 1.20. The second-order valence-electron chi connectivity index (χ2n) is 3.79. The molecule has 0 aromatic rings. The van der Waals surface area contributed by atoms with E-state index in [1.165, 1.54) is 6.08 Å². The maximum Gasteiger partial charge on any atom is 0.0804 e. The first-order chi connectivity index (χ1) is 7.14. The molecule has 0 aliphatic heterocycles. The molecule has 0 aromatic carbocycles. The zero-order chi connectivity index (χ0) is 11.7. The van der Waals surface area contributed by atoms with Crippen LogP contribution in [0.25, 0.3) is 0 Å². The van der Waals surface area contributed by atoms with Crippen molar-refractivity contribution in [3.05, 3.63) is 12.7 Å². The van der Waals surface area contributed by atoms with Crippen molar-refractivity contribution in [2.75, 3.05) is 32.7 Å². The van der Waals surface area contributed by atoms with Gasteiger partial charge < -0.3 is 14.6 Å². The van der Waals surface area contributed by atoms with Gasteiger partial charge in [-0.2, -0.15) is 0 Å². The van der Waals surface area contributed by atoms with E-state index in [9.17, 15) is 5.11 Å². The highest BCUT2D eigenvalue weighted by Gasteiger charge is 2.19. The van der Waals surface area contributed by atoms with Crippen LogP contribution < -0.4 is 5.11 Å². The van der Waals surface area contributed by atoms with Crippen LogP contribution in [0.2, 0.25) is 0 Å². The van der Waals surface area contributed by atoms with Gasteiger partial charge in [0.15, 0.2) is 0 Å². The maximum atomic E-state index is 10.9. The molecule has 3 heteroatoms. The summed E-state index contributed by atoms with van der Waals surface area (Å²) in [6.45, 7) is 15.3. The Morgan fingerprint density at radius 2 is 1.80 bits per heavy atom. The fraction of sp³-hybridized carbons (Fsp3) is 0.750. The van der Waals surface area contributed by atoms with Crippen LogP contribution in [0.4, 0.5) is 0 Å². The van der Waals surface area contributed by atoms with E-state index in [0.29, 0.717) is 6.54 Å². The molecule has 0 spiro atoms. The topological polar surface area (TPSA) is 35.4 Å². The first-order valence-corrected chi connectivity index (χ1v) is 5.83. The molecule has 0 aromatic heterocycles. The molecule has 0 aliphatic carbocycles. The quantitative estimate of drug-likeness (QED) is 0.258. The molecule has 0 aliphatic rings. The molecule has 0 atom stereocenters. The minimum absolute atomic E-state index is 0.197.